The maximum atomic E-state index is 13.1. The molecule has 0 spiro atoms. The Bertz CT molecular complexity index is 1410. The zero-order valence-electron chi connectivity index (χ0n) is 17.5. The first kappa shape index (κ1) is 24.0. The average Bonchev–Trinajstić information content (AvgIpc) is 2.74. The zero-order valence-corrected chi connectivity index (χ0v) is 19.9. The van der Waals surface area contributed by atoms with E-state index in [4.69, 9.17) is 0 Å². The minimum absolute atomic E-state index is 0.0563. The molecule has 1 aliphatic rings. The van der Waals surface area contributed by atoms with E-state index in [1.165, 1.54) is 35.4 Å². The zero-order chi connectivity index (χ0) is 24.8. The molecule has 0 fully saturated rings. The second kappa shape index (κ2) is 8.58. The van der Waals surface area contributed by atoms with Crippen molar-refractivity contribution in [3.8, 4) is 17.0 Å². The van der Waals surface area contributed by atoms with E-state index in [1.807, 2.05) is 0 Å². The number of carbonyl (C=O) groups excluding carboxylic acids is 1. The van der Waals surface area contributed by atoms with Crippen LogP contribution < -0.4 is 9.62 Å². The van der Waals surface area contributed by atoms with E-state index in [1.54, 1.807) is 6.07 Å². The normalized spacial score (nSPS) is 14.1. The Kier molecular flexibility index (Phi) is 6.06. The number of hydrogen-bond acceptors (Lipinski definition) is 5. The molecule has 4 rings (SSSR count). The van der Waals surface area contributed by atoms with Gasteiger partial charge in [0.2, 0.25) is 10.0 Å². The van der Waals surface area contributed by atoms with Crippen LogP contribution in [-0.4, -0.2) is 37.2 Å². The summed E-state index contributed by atoms with van der Waals surface area (Å²) in [6, 6.07) is 9.09. The first-order valence-corrected chi connectivity index (χ1v) is 12.5. The molecule has 0 aliphatic carbocycles. The van der Waals surface area contributed by atoms with E-state index in [2.05, 4.69) is 25.6 Å². The number of amides is 1. The summed E-state index contributed by atoms with van der Waals surface area (Å²) >= 11 is 3.17. The van der Waals surface area contributed by atoms with Crippen molar-refractivity contribution in [1.82, 2.24) is 4.98 Å². The number of nitrogens with zero attached hydrogens (tertiary/aromatic N) is 2. The molecule has 1 amide bonds. The summed E-state index contributed by atoms with van der Waals surface area (Å²) in [5, 5.41) is 9.94. The number of benzene rings is 2. The summed E-state index contributed by atoms with van der Waals surface area (Å²) in [5.41, 5.74) is 1.43. The highest BCUT2D eigenvalue weighted by atomic mass is 79.9. The average molecular weight is 556 g/mol. The number of anilines is 2. The van der Waals surface area contributed by atoms with Crippen LogP contribution in [0.2, 0.25) is 0 Å². The molecular weight excluding hydrogens is 539 g/mol. The van der Waals surface area contributed by atoms with Gasteiger partial charge in [0.15, 0.2) is 0 Å². The summed E-state index contributed by atoms with van der Waals surface area (Å²) in [6.45, 7) is 0.270. The summed E-state index contributed by atoms with van der Waals surface area (Å²) in [5.74, 6) is -0.657. The van der Waals surface area contributed by atoms with Gasteiger partial charge in [0.25, 0.3) is 5.91 Å². The number of hydrogen-bond donors (Lipinski definition) is 2. The van der Waals surface area contributed by atoms with E-state index in [0.717, 1.165) is 18.4 Å². The molecule has 7 nitrogen and oxygen atoms in total. The van der Waals surface area contributed by atoms with Crippen LogP contribution in [0.5, 0.6) is 5.75 Å². The van der Waals surface area contributed by atoms with Crippen molar-refractivity contribution in [2.45, 2.75) is 12.6 Å². The van der Waals surface area contributed by atoms with Gasteiger partial charge in [-0.05, 0) is 48.4 Å². The Hall–Kier alpha value is -3.12. The van der Waals surface area contributed by atoms with Crippen molar-refractivity contribution in [2.75, 3.05) is 22.4 Å². The SMILES string of the molecule is CS(=O)(=O)Nc1cc(N2CCc3cc(-c4ccc(C(F)(F)F)cc4Br)ncc3C2=O)ccc1O. The van der Waals surface area contributed by atoms with Gasteiger partial charge in [-0.15, -0.1) is 0 Å². The number of sulfonamides is 1. The number of rotatable bonds is 4. The number of phenolic OH excluding ortho intramolecular Hbond substituents is 1. The lowest BCUT2D eigenvalue weighted by Crippen LogP contribution is -2.37. The molecule has 3 aromatic rings. The highest BCUT2D eigenvalue weighted by Crippen LogP contribution is 2.37. The number of fused-ring (bicyclic) bond motifs is 1. The van der Waals surface area contributed by atoms with Crippen LogP contribution in [0.4, 0.5) is 24.5 Å². The van der Waals surface area contributed by atoms with Gasteiger partial charge in [-0.1, -0.05) is 22.0 Å². The molecule has 0 saturated carbocycles. The molecule has 1 aromatic heterocycles. The van der Waals surface area contributed by atoms with Crippen molar-refractivity contribution in [3.63, 3.8) is 0 Å². The van der Waals surface area contributed by atoms with Crippen LogP contribution in [-0.2, 0) is 22.6 Å². The number of halogens is 4. The second-order valence-corrected chi connectivity index (χ2v) is 10.3. The summed E-state index contributed by atoms with van der Waals surface area (Å²) in [7, 11) is -3.64. The van der Waals surface area contributed by atoms with Crippen molar-refractivity contribution in [1.29, 1.82) is 0 Å². The second-order valence-electron chi connectivity index (χ2n) is 7.70. The quantitative estimate of drug-likeness (QED) is 0.450. The highest BCUT2D eigenvalue weighted by molar-refractivity contribution is 9.10. The minimum Gasteiger partial charge on any atom is -0.506 e. The molecule has 0 bridgehead atoms. The highest BCUT2D eigenvalue weighted by Gasteiger charge is 2.31. The molecule has 12 heteroatoms. The minimum atomic E-state index is -4.47. The Morgan fingerprint density at radius 1 is 1.12 bits per heavy atom. The molecule has 0 atom stereocenters. The maximum absolute atomic E-state index is 13.1. The largest absolute Gasteiger partial charge is 0.506 e. The van der Waals surface area contributed by atoms with Crippen LogP contribution in [0.25, 0.3) is 11.3 Å². The van der Waals surface area contributed by atoms with Gasteiger partial charge in [0.1, 0.15) is 5.75 Å². The Balaban J connectivity index is 1.64. The van der Waals surface area contributed by atoms with Crippen LogP contribution in [0.15, 0.2) is 53.1 Å². The standard InChI is InChI=1S/C22H17BrF3N3O4S/c1-34(32,33)28-19-10-14(3-5-20(19)30)29-7-6-12-8-18(27-11-16(12)21(29)31)15-4-2-13(9-17(15)23)22(24,25)26/h2-5,8-11,28,30H,6-7H2,1H3. The fourth-order valence-electron chi connectivity index (χ4n) is 3.64. The van der Waals surface area contributed by atoms with Gasteiger partial charge in [0.05, 0.1) is 28.8 Å². The molecular formula is C22H17BrF3N3O4S. The lowest BCUT2D eigenvalue weighted by Gasteiger charge is -2.29. The first-order valence-electron chi connectivity index (χ1n) is 9.82. The number of aromatic hydroxyl groups is 1. The molecule has 0 saturated heterocycles. The lowest BCUT2D eigenvalue weighted by molar-refractivity contribution is -0.137. The van der Waals surface area contributed by atoms with Crippen molar-refractivity contribution in [3.05, 3.63) is 69.8 Å². The smallest absolute Gasteiger partial charge is 0.416 e. The third kappa shape index (κ3) is 4.87. The predicted octanol–water partition coefficient (Wildman–Crippen LogP) is 4.81. The third-order valence-corrected chi connectivity index (χ3v) is 6.48. The number of alkyl halides is 3. The Morgan fingerprint density at radius 2 is 1.85 bits per heavy atom. The van der Waals surface area contributed by atoms with Gasteiger partial charge in [-0.3, -0.25) is 14.5 Å². The molecule has 0 unspecified atom stereocenters. The van der Waals surface area contributed by atoms with Gasteiger partial charge in [-0.2, -0.15) is 13.2 Å². The van der Waals surface area contributed by atoms with Crippen LogP contribution in [0.1, 0.15) is 21.5 Å². The van der Waals surface area contributed by atoms with Gasteiger partial charge in [0, 0.05) is 28.5 Å². The summed E-state index contributed by atoms with van der Waals surface area (Å²) < 4.78 is 64.4. The van der Waals surface area contributed by atoms with E-state index >= 15 is 0 Å². The van der Waals surface area contributed by atoms with Gasteiger partial charge in [-0.25, -0.2) is 8.42 Å². The summed E-state index contributed by atoms with van der Waals surface area (Å²) in [4.78, 5) is 18.8. The van der Waals surface area contributed by atoms with Gasteiger partial charge < -0.3 is 10.0 Å². The number of phenols is 1. The lowest BCUT2D eigenvalue weighted by atomic mass is 9.97. The van der Waals surface area contributed by atoms with Crippen LogP contribution in [0.3, 0.4) is 0 Å². The van der Waals surface area contributed by atoms with Crippen LogP contribution >= 0.6 is 15.9 Å². The predicted molar refractivity (Wildman–Crippen MR) is 124 cm³/mol. The van der Waals surface area contributed by atoms with Gasteiger partial charge >= 0.3 is 6.18 Å². The molecule has 2 heterocycles. The van der Waals surface area contributed by atoms with Crippen molar-refractivity contribution < 1.29 is 31.5 Å². The van der Waals surface area contributed by atoms with Crippen molar-refractivity contribution >= 4 is 43.2 Å². The molecule has 178 valence electrons. The van der Waals surface area contributed by atoms with E-state index in [-0.39, 0.29) is 28.4 Å². The summed E-state index contributed by atoms with van der Waals surface area (Å²) in [6.07, 6.45) is -1.71. The monoisotopic (exact) mass is 555 g/mol. The molecule has 2 N–H and O–H groups in total. The molecule has 34 heavy (non-hydrogen) atoms. The van der Waals surface area contributed by atoms with E-state index in [0.29, 0.717) is 34.5 Å². The maximum Gasteiger partial charge on any atom is 0.416 e. The fourth-order valence-corrected chi connectivity index (χ4v) is 4.79. The first-order chi connectivity index (χ1) is 15.8. The third-order valence-electron chi connectivity index (χ3n) is 5.23. The number of carbonyl (C=O) groups is 1. The molecule has 0 radical (unpaired) electrons. The number of aromatic nitrogens is 1. The van der Waals surface area contributed by atoms with E-state index in [9.17, 15) is 31.5 Å². The number of nitrogens with one attached hydrogen (secondary N) is 1. The molecule has 2 aromatic carbocycles. The van der Waals surface area contributed by atoms with Crippen molar-refractivity contribution in [2.24, 2.45) is 0 Å². The van der Waals surface area contributed by atoms with Crippen LogP contribution in [0, 0.1) is 0 Å². The fraction of sp³-hybridized carbons (Fsp3) is 0.182. The number of pyridine rings is 1. The van der Waals surface area contributed by atoms with E-state index < -0.39 is 21.8 Å². The Labute approximate surface area is 201 Å². The topological polar surface area (TPSA) is 99.6 Å². The molecule has 1 aliphatic heterocycles. The Morgan fingerprint density at radius 3 is 2.50 bits per heavy atom.